The minimum atomic E-state index is -1.30. The summed E-state index contributed by atoms with van der Waals surface area (Å²) >= 11 is 0. The van der Waals surface area contributed by atoms with Gasteiger partial charge in [0.25, 0.3) is 5.91 Å². The summed E-state index contributed by atoms with van der Waals surface area (Å²) < 4.78 is 2.14. The molecule has 1 aromatic heterocycles. The van der Waals surface area contributed by atoms with Gasteiger partial charge in [0.2, 0.25) is 5.91 Å². The molecule has 28 heavy (non-hydrogen) atoms. The Bertz CT molecular complexity index is 1040. The van der Waals surface area contributed by atoms with Crippen molar-refractivity contribution >= 4 is 22.7 Å². The zero-order valence-electron chi connectivity index (χ0n) is 16.0. The Morgan fingerprint density at radius 2 is 1.82 bits per heavy atom. The molecule has 3 aromatic rings. The van der Waals surface area contributed by atoms with Crippen LogP contribution in [0.4, 0.5) is 0 Å². The fourth-order valence-electron chi connectivity index (χ4n) is 3.52. The number of nitrogens with one attached hydrogen (secondary N) is 1. The van der Waals surface area contributed by atoms with Crippen LogP contribution in [-0.2, 0) is 28.1 Å². The molecule has 0 aliphatic carbocycles. The van der Waals surface area contributed by atoms with Gasteiger partial charge in [-0.3, -0.25) is 15.0 Å². The summed E-state index contributed by atoms with van der Waals surface area (Å²) in [5.41, 5.74) is 17.0. The van der Waals surface area contributed by atoms with Crippen molar-refractivity contribution in [2.75, 3.05) is 0 Å². The second kappa shape index (κ2) is 7.46. The number of aromatic nitrogens is 1. The van der Waals surface area contributed by atoms with Gasteiger partial charge in [-0.2, -0.15) is 0 Å². The smallest absolute Gasteiger partial charge is 0.258 e. The van der Waals surface area contributed by atoms with Gasteiger partial charge in [-0.15, -0.1) is 0 Å². The lowest BCUT2D eigenvalue weighted by Gasteiger charge is -2.23. The second-order valence-electron chi connectivity index (χ2n) is 7.19. The first-order chi connectivity index (χ1) is 13.3. The van der Waals surface area contributed by atoms with E-state index in [1.54, 1.807) is 6.92 Å². The third-order valence-corrected chi connectivity index (χ3v) is 5.19. The number of hydrogen-bond acceptors (Lipinski definition) is 4. The highest BCUT2D eigenvalue weighted by Gasteiger charge is 2.31. The average Bonchev–Trinajstić information content (AvgIpc) is 2.93. The first kappa shape index (κ1) is 19.6. The molecule has 1 heterocycles. The quantitative estimate of drug-likeness (QED) is 0.291. The fraction of sp³-hybridized carbons (Fsp3) is 0.238. The van der Waals surface area contributed by atoms with Gasteiger partial charge < -0.3 is 16.0 Å². The highest BCUT2D eigenvalue weighted by Crippen LogP contribution is 2.31. The van der Waals surface area contributed by atoms with E-state index >= 15 is 0 Å². The molecule has 0 saturated carbocycles. The van der Waals surface area contributed by atoms with Crippen LogP contribution in [0, 0.1) is 6.92 Å². The molecule has 0 spiro atoms. The average molecular weight is 379 g/mol. The minimum absolute atomic E-state index is 0.109. The molecule has 1 unspecified atom stereocenters. The topological polar surface area (TPSA) is 129 Å². The Kier molecular flexibility index (Phi) is 5.22. The molecule has 0 saturated heterocycles. The summed E-state index contributed by atoms with van der Waals surface area (Å²) in [5.74, 6) is 4.36. The highest BCUT2D eigenvalue weighted by atomic mass is 16.2. The van der Waals surface area contributed by atoms with Gasteiger partial charge in [-0.1, -0.05) is 36.4 Å². The zero-order valence-corrected chi connectivity index (χ0v) is 16.0. The van der Waals surface area contributed by atoms with Crippen molar-refractivity contribution in [1.82, 2.24) is 9.99 Å². The fourth-order valence-corrected chi connectivity index (χ4v) is 3.52. The van der Waals surface area contributed by atoms with E-state index in [1.165, 1.54) is 0 Å². The predicted octanol–water partition coefficient (Wildman–Crippen LogP) is 1.19. The lowest BCUT2D eigenvalue weighted by atomic mass is 9.90. The van der Waals surface area contributed by atoms with E-state index in [4.69, 9.17) is 17.3 Å². The number of benzene rings is 2. The number of nitrogens with two attached hydrogens (primary N) is 3. The molecule has 3 rings (SSSR count). The summed E-state index contributed by atoms with van der Waals surface area (Å²) in [4.78, 5) is 23.8. The lowest BCUT2D eigenvalue weighted by Crippen LogP contribution is -2.51. The molecule has 1 atom stereocenters. The van der Waals surface area contributed by atoms with Gasteiger partial charge in [-0.25, -0.2) is 5.84 Å². The molecular weight excluding hydrogens is 354 g/mol. The van der Waals surface area contributed by atoms with Crippen LogP contribution in [-0.4, -0.2) is 16.4 Å². The second-order valence-corrected chi connectivity index (χ2v) is 7.19. The standard InChI is InChI=1S/C21H25N5O2/c1-13-16(11-19(22)27)17-10-15(21(2,23)20(28)25-24)8-9-18(17)26(13)12-14-6-4-3-5-7-14/h3-10H,11-12,23-24H2,1-2H3,(H2,22,27)(H,25,28). The third-order valence-electron chi connectivity index (χ3n) is 5.19. The van der Waals surface area contributed by atoms with Crippen molar-refractivity contribution in [2.24, 2.45) is 17.3 Å². The molecule has 2 aromatic carbocycles. The van der Waals surface area contributed by atoms with Crippen LogP contribution in [0.25, 0.3) is 10.9 Å². The van der Waals surface area contributed by atoms with E-state index in [2.05, 4.69) is 22.1 Å². The van der Waals surface area contributed by atoms with Crippen LogP contribution in [0.5, 0.6) is 0 Å². The molecule has 7 heteroatoms. The summed E-state index contributed by atoms with van der Waals surface area (Å²) in [6.45, 7) is 4.22. The van der Waals surface area contributed by atoms with Gasteiger partial charge in [0.15, 0.2) is 0 Å². The van der Waals surface area contributed by atoms with Crippen LogP contribution in [0.3, 0.4) is 0 Å². The molecule has 0 radical (unpaired) electrons. The third kappa shape index (κ3) is 3.49. The summed E-state index contributed by atoms with van der Waals surface area (Å²) in [5, 5.41) is 0.853. The number of fused-ring (bicyclic) bond motifs is 1. The maximum atomic E-state index is 12.1. The maximum Gasteiger partial charge on any atom is 0.258 e. The summed E-state index contributed by atoms with van der Waals surface area (Å²) in [7, 11) is 0. The lowest BCUT2D eigenvalue weighted by molar-refractivity contribution is -0.126. The monoisotopic (exact) mass is 379 g/mol. The van der Waals surface area contributed by atoms with Crippen molar-refractivity contribution in [2.45, 2.75) is 32.4 Å². The van der Waals surface area contributed by atoms with E-state index in [0.717, 1.165) is 27.7 Å². The van der Waals surface area contributed by atoms with Crippen molar-refractivity contribution in [3.8, 4) is 0 Å². The summed E-state index contributed by atoms with van der Waals surface area (Å²) in [6.07, 6.45) is 0.109. The predicted molar refractivity (Wildman–Crippen MR) is 109 cm³/mol. The number of primary amides is 1. The number of nitrogens with zero attached hydrogens (tertiary/aromatic N) is 1. The molecule has 7 N–H and O–H groups in total. The SMILES string of the molecule is Cc1c(CC(N)=O)c2cc(C(C)(N)C(=O)NN)ccc2n1Cc1ccccc1. The Hall–Kier alpha value is -3.16. The summed E-state index contributed by atoms with van der Waals surface area (Å²) in [6, 6.07) is 15.6. The first-order valence-electron chi connectivity index (χ1n) is 9.00. The van der Waals surface area contributed by atoms with E-state index in [0.29, 0.717) is 12.1 Å². The van der Waals surface area contributed by atoms with Gasteiger partial charge in [-0.05, 0) is 42.7 Å². The molecule has 0 bridgehead atoms. The normalized spacial score (nSPS) is 13.3. The van der Waals surface area contributed by atoms with Gasteiger partial charge in [0.1, 0.15) is 5.54 Å². The number of rotatable bonds is 6. The van der Waals surface area contributed by atoms with Crippen LogP contribution < -0.4 is 22.7 Å². The van der Waals surface area contributed by atoms with E-state index < -0.39 is 17.4 Å². The minimum Gasteiger partial charge on any atom is -0.369 e. The van der Waals surface area contributed by atoms with Gasteiger partial charge >= 0.3 is 0 Å². The van der Waals surface area contributed by atoms with Gasteiger partial charge in [0, 0.05) is 23.1 Å². The molecule has 0 fully saturated rings. The van der Waals surface area contributed by atoms with Crippen molar-refractivity contribution < 1.29 is 9.59 Å². The molecule has 146 valence electrons. The maximum absolute atomic E-state index is 12.1. The molecule has 0 aliphatic rings. The zero-order chi connectivity index (χ0) is 20.5. The Labute approximate surface area is 163 Å². The van der Waals surface area contributed by atoms with E-state index in [1.807, 2.05) is 43.3 Å². The van der Waals surface area contributed by atoms with Crippen molar-refractivity contribution in [3.05, 3.63) is 70.9 Å². The first-order valence-corrected chi connectivity index (χ1v) is 9.00. The van der Waals surface area contributed by atoms with Crippen LogP contribution in [0.15, 0.2) is 48.5 Å². The van der Waals surface area contributed by atoms with Gasteiger partial charge in [0.05, 0.1) is 6.42 Å². The molecule has 2 amide bonds. The number of hydrogen-bond donors (Lipinski definition) is 4. The van der Waals surface area contributed by atoms with Crippen molar-refractivity contribution in [1.29, 1.82) is 0 Å². The van der Waals surface area contributed by atoms with Crippen LogP contribution in [0.2, 0.25) is 0 Å². The Balaban J connectivity index is 2.19. The molecule has 0 aliphatic heterocycles. The number of amides is 2. The van der Waals surface area contributed by atoms with E-state index in [-0.39, 0.29) is 6.42 Å². The number of hydrazine groups is 1. The Morgan fingerprint density at radius 1 is 1.14 bits per heavy atom. The van der Waals surface area contributed by atoms with E-state index in [9.17, 15) is 9.59 Å². The van der Waals surface area contributed by atoms with Crippen LogP contribution >= 0.6 is 0 Å². The van der Waals surface area contributed by atoms with Crippen LogP contribution in [0.1, 0.15) is 29.3 Å². The number of carbonyl (C=O) groups excluding carboxylic acids is 2. The molecule has 7 nitrogen and oxygen atoms in total. The molecular formula is C21H25N5O2. The Morgan fingerprint density at radius 3 is 2.43 bits per heavy atom. The number of carbonyl (C=O) groups is 2. The largest absolute Gasteiger partial charge is 0.369 e. The highest BCUT2D eigenvalue weighted by molar-refractivity contribution is 5.93. The van der Waals surface area contributed by atoms with Crippen molar-refractivity contribution in [3.63, 3.8) is 0 Å².